The van der Waals surface area contributed by atoms with Crippen LogP contribution in [0.4, 0.5) is 5.69 Å². The molecular formula is C17H16N2O3. The van der Waals surface area contributed by atoms with Crippen molar-refractivity contribution in [3.8, 4) is 17.6 Å². The molecule has 5 heteroatoms. The number of ketones is 1. The minimum Gasteiger partial charge on any atom is -0.493 e. The molecule has 0 unspecified atom stereocenters. The van der Waals surface area contributed by atoms with Crippen LogP contribution < -0.4 is 14.8 Å². The average Bonchev–Trinajstić information content (AvgIpc) is 2.59. The maximum atomic E-state index is 12.2. The van der Waals surface area contributed by atoms with Crippen molar-refractivity contribution in [1.29, 1.82) is 5.26 Å². The van der Waals surface area contributed by atoms with E-state index < -0.39 is 0 Å². The van der Waals surface area contributed by atoms with E-state index >= 15 is 0 Å². The number of hydrogen-bond donors (Lipinski definition) is 1. The van der Waals surface area contributed by atoms with Crippen molar-refractivity contribution < 1.29 is 14.3 Å². The van der Waals surface area contributed by atoms with Crippen molar-refractivity contribution in [1.82, 2.24) is 0 Å². The van der Waals surface area contributed by atoms with Gasteiger partial charge in [0.05, 0.1) is 32.4 Å². The molecule has 0 spiro atoms. The quantitative estimate of drug-likeness (QED) is 0.830. The van der Waals surface area contributed by atoms with Crippen LogP contribution in [0, 0.1) is 11.3 Å². The number of nitrogens with one attached hydrogen (secondary N) is 1. The summed E-state index contributed by atoms with van der Waals surface area (Å²) in [6.07, 6.45) is 0. The van der Waals surface area contributed by atoms with Crippen LogP contribution in [0.3, 0.4) is 0 Å². The molecule has 0 radical (unpaired) electrons. The predicted octanol–water partition coefficient (Wildman–Crippen LogP) is 2.87. The van der Waals surface area contributed by atoms with E-state index in [9.17, 15) is 4.79 Å². The molecule has 22 heavy (non-hydrogen) atoms. The summed E-state index contributed by atoms with van der Waals surface area (Å²) >= 11 is 0. The van der Waals surface area contributed by atoms with Crippen molar-refractivity contribution in [3.05, 3.63) is 53.6 Å². The van der Waals surface area contributed by atoms with Crippen molar-refractivity contribution in [2.45, 2.75) is 0 Å². The maximum absolute atomic E-state index is 12.2. The minimum atomic E-state index is -0.0645. The van der Waals surface area contributed by atoms with Gasteiger partial charge in [-0.15, -0.1) is 0 Å². The summed E-state index contributed by atoms with van der Waals surface area (Å²) in [5, 5.41) is 11.8. The Hall–Kier alpha value is -3.00. The van der Waals surface area contributed by atoms with Gasteiger partial charge in [-0.25, -0.2) is 0 Å². The van der Waals surface area contributed by atoms with Gasteiger partial charge in [0.2, 0.25) is 0 Å². The zero-order valence-corrected chi connectivity index (χ0v) is 12.4. The smallest absolute Gasteiger partial charge is 0.181 e. The largest absolute Gasteiger partial charge is 0.493 e. The molecule has 0 aromatic heterocycles. The Morgan fingerprint density at radius 2 is 1.77 bits per heavy atom. The number of methoxy groups -OCH3 is 2. The first-order valence-corrected chi connectivity index (χ1v) is 6.67. The fourth-order valence-corrected chi connectivity index (χ4v) is 1.96. The van der Waals surface area contributed by atoms with Crippen molar-refractivity contribution in [3.63, 3.8) is 0 Å². The number of ether oxygens (including phenoxy) is 2. The molecule has 0 aliphatic heterocycles. The molecule has 0 saturated carbocycles. The molecule has 0 amide bonds. The van der Waals surface area contributed by atoms with Gasteiger partial charge in [0.15, 0.2) is 17.3 Å². The summed E-state index contributed by atoms with van der Waals surface area (Å²) in [6.45, 7) is 0.154. The fraction of sp³-hybridized carbons (Fsp3) is 0.176. The van der Waals surface area contributed by atoms with E-state index in [1.54, 1.807) is 49.6 Å². The third-order valence-electron chi connectivity index (χ3n) is 3.17. The molecule has 2 aromatic carbocycles. The van der Waals surface area contributed by atoms with Crippen molar-refractivity contribution in [2.24, 2.45) is 0 Å². The normalized spacial score (nSPS) is 9.68. The number of nitriles is 1. The number of benzene rings is 2. The van der Waals surface area contributed by atoms with Crippen LogP contribution >= 0.6 is 0 Å². The lowest BCUT2D eigenvalue weighted by molar-refractivity contribution is 0.101. The highest BCUT2D eigenvalue weighted by Gasteiger charge is 2.10. The number of rotatable bonds is 6. The SMILES string of the molecule is COc1ccc(C(=O)CNc2ccc(C#N)cc2)cc1OC. The first-order chi connectivity index (χ1) is 10.7. The zero-order valence-electron chi connectivity index (χ0n) is 12.4. The molecule has 0 heterocycles. The van der Waals surface area contributed by atoms with E-state index in [0.29, 0.717) is 22.6 Å². The summed E-state index contributed by atoms with van der Waals surface area (Å²) < 4.78 is 10.3. The Kier molecular flexibility index (Phi) is 4.99. The zero-order chi connectivity index (χ0) is 15.9. The van der Waals surface area contributed by atoms with E-state index in [1.165, 1.54) is 7.11 Å². The van der Waals surface area contributed by atoms with Crippen LogP contribution in [0.2, 0.25) is 0 Å². The first kappa shape index (κ1) is 15.4. The maximum Gasteiger partial charge on any atom is 0.181 e. The van der Waals surface area contributed by atoms with Gasteiger partial charge in [-0.3, -0.25) is 4.79 Å². The second-order valence-electron chi connectivity index (χ2n) is 4.54. The molecule has 5 nitrogen and oxygen atoms in total. The number of anilines is 1. The molecule has 0 aliphatic rings. The molecule has 112 valence electrons. The minimum absolute atomic E-state index is 0.0645. The Morgan fingerprint density at radius 3 is 2.36 bits per heavy atom. The fourth-order valence-electron chi connectivity index (χ4n) is 1.96. The topological polar surface area (TPSA) is 71.3 Å². The third kappa shape index (κ3) is 3.55. The van der Waals surface area contributed by atoms with Crippen LogP contribution in [0.1, 0.15) is 15.9 Å². The Bertz CT molecular complexity index is 703. The predicted molar refractivity (Wildman–Crippen MR) is 83.5 cm³/mol. The average molecular weight is 296 g/mol. The summed E-state index contributed by atoms with van der Waals surface area (Å²) in [5.74, 6) is 1.04. The third-order valence-corrected chi connectivity index (χ3v) is 3.17. The van der Waals surface area contributed by atoms with Gasteiger partial charge < -0.3 is 14.8 Å². The van der Waals surface area contributed by atoms with E-state index in [0.717, 1.165) is 5.69 Å². The van der Waals surface area contributed by atoms with Gasteiger partial charge in [-0.2, -0.15) is 5.26 Å². The van der Waals surface area contributed by atoms with E-state index in [2.05, 4.69) is 5.32 Å². The first-order valence-electron chi connectivity index (χ1n) is 6.67. The summed E-state index contributed by atoms with van der Waals surface area (Å²) in [7, 11) is 3.08. The lowest BCUT2D eigenvalue weighted by Crippen LogP contribution is -2.14. The van der Waals surface area contributed by atoms with Gasteiger partial charge in [0.25, 0.3) is 0 Å². The van der Waals surface area contributed by atoms with Gasteiger partial charge in [0.1, 0.15) is 0 Å². The summed E-state index contributed by atoms with van der Waals surface area (Å²) in [4.78, 5) is 12.2. The highest BCUT2D eigenvalue weighted by molar-refractivity contribution is 5.99. The van der Waals surface area contributed by atoms with E-state index in [1.807, 2.05) is 6.07 Å². The Morgan fingerprint density at radius 1 is 1.09 bits per heavy atom. The molecular weight excluding hydrogens is 280 g/mol. The number of hydrogen-bond acceptors (Lipinski definition) is 5. The molecule has 2 rings (SSSR count). The summed E-state index contributed by atoms with van der Waals surface area (Å²) in [5.41, 5.74) is 1.91. The van der Waals surface area contributed by atoms with Crippen LogP contribution in [-0.2, 0) is 0 Å². The van der Waals surface area contributed by atoms with Gasteiger partial charge in [-0.05, 0) is 42.5 Å². The van der Waals surface area contributed by atoms with Gasteiger partial charge in [-0.1, -0.05) is 0 Å². The van der Waals surface area contributed by atoms with Gasteiger partial charge >= 0.3 is 0 Å². The second kappa shape index (κ2) is 7.14. The molecule has 0 atom stereocenters. The lowest BCUT2D eigenvalue weighted by Gasteiger charge is -2.10. The highest BCUT2D eigenvalue weighted by Crippen LogP contribution is 2.27. The van der Waals surface area contributed by atoms with Crippen LogP contribution in [0.5, 0.6) is 11.5 Å². The van der Waals surface area contributed by atoms with Crippen LogP contribution in [-0.4, -0.2) is 26.5 Å². The number of carbonyl (C=O) groups is 1. The standard InChI is InChI=1S/C17H16N2O3/c1-21-16-8-5-13(9-17(16)22-2)15(20)11-19-14-6-3-12(10-18)4-7-14/h3-9,19H,11H2,1-2H3. The van der Waals surface area contributed by atoms with E-state index in [4.69, 9.17) is 14.7 Å². The lowest BCUT2D eigenvalue weighted by atomic mass is 10.1. The number of Topliss-reactive ketones (excluding diaryl/α,β-unsaturated/α-hetero) is 1. The van der Waals surface area contributed by atoms with Gasteiger partial charge in [0, 0.05) is 11.3 Å². The molecule has 0 aliphatic carbocycles. The number of nitrogens with zero attached hydrogens (tertiary/aromatic N) is 1. The molecule has 0 bridgehead atoms. The van der Waals surface area contributed by atoms with E-state index in [-0.39, 0.29) is 12.3 Å². The van der Waals surface area contributed by atoms with Crippen molar-refractivity contribution >= 4 is 11.5 Å². The monoisotopic (exact) mass is 296 g/mol. The molecule has 0 fully saturated rings. The van der Waals surface area contributed by atoms with Crippen molar-refractivity contribution in [2.75, 3.05) is 26.1 Å². The highest BCUT2D eigenvalue weighted by atomic mass is 16.5. The molecule has 0 saturated heterocycles. The van der Waals surface area contributed by atoms with Crippen LogP contribution in [0.15, 0.2) is 42.5 Å². The number of carbonyl (C=O) groups excluding carboxylic acids is 1. The van der Waals surface area contributed by atoms with Crippen LogP contribution in [0.25, 0.3) is 0 Å². The second-order valence-corrected chi connectivity index (χ2v) is 4.54. The molecule has 1 N–H and O–H groups in total. The Labute approximate surface area is 129 Å². The Balaban J connectivity index is 2.04. The summed E-state index contributed by atoms with van der Waals surface area (Å²) in [6, 6.07) is 14.0. The molecule has 2 aromatic rings.